The van der Waals surface area contributed by atoms with E-state index in [0.29, 0.717) is 6.54 Å². The molecule has 0 aromatic carbocycles. The lowest BCUT2D eigenvalue weighted by Crippen LogP contribution is -2.23. The Morgan fingerprint density at radius 3 is 2.88 bits per heavy atom. The fourth-order valence-electron chi connectivity index (χ4n) is 1.10. The first kappa shape index (κ1) is 12.0. The summed E-state index contributed by atoms with van der Waals surface area (Å²) in [6.07, 6.45) is 7.81. The van der Waals surface area contributed by atoms with Gasteiger partial charge in [0, 0.05) is 37.6 Å². The molecule has 1 heterocycles. The summed E-state index contributed by atoms with van der Waals surface area (Å²) in [4.78, 5) is 25.0. The molecular formula is C10H13N3O3. The summed E-state index contributed by atoms with van der Waals surface area (Å²) in [5, 5.41) is 10.9. The molecule has 1 aromatic heterocycles. The second-order valence-electron chi connectivity index (χ2n) is 3.12. The molecule has 0 atom stereocenters. The van der Waals surface area contributed by atoms with Gasteiger partial charge in [0.05, 0.1) is 6.33 Å². The number of hydrogen-bond donors (Lipinski definition) is 2. The topological polar surface area (TPSA) is 84.2 Å². The maximum Gasteiger partial charge on any atom is 0.328 e. The number of aliphatic carboxylic acids is 1. The van der Waals surface area contributed by atoms with E-state index in [1.807, 2.05) is 10.8 Å². The molecule has 0 saturated carbocycles. The summed E-state index contributed by atoms with van der Waals surface area (Å²) >= 11 is 0. The predicted molar refractivity (Wildman–Crippen MR) is 56.6 cm³/mol. The molecule has 1 rings (SSSR count). The van der Waals surface area contributed by atoms with E-state index in [-0.39, 0.29) is 0 Å². The Hall–Kier alpha value is -2.11. The van der Waals surface area contributed by atoms with E-state index in [1.165, 1.54) is 0 Å². The van der Waals surface area contributed by atoms with Gasteiger partial charge in [0.1, 0.15) is 0 Å². The van der Waals surface area contributed by atoms with E-state index in [2.05, 4.69) is 10.3 Å². The molecule has 86 valence electrons. The average molecular weight is 223 g/mol. The largest absolute Gasteiger partial charge is 0.478 e. The fraction of sp³-hybridized carbons (Fsp3) is 0.300. The van der Waals surface area contributed by atoms with E-state index in [4.69, 9.17) is 5.11 Å². The third-order valence-corrected chi connectivity index (χ3v) is 1.83. The summed E-state index contributed by atoms with van der Waals surface area (Å²) in [6.45, 7) is 1.27. The summed E-state index contributed by atoms with van der Waals surface area (Å²) in [5.74, 6) is -1.53. The van der Waals surface area contributed by atoms with E-state index in [1.54, 1.807) is 12.5 Å². The summed E-state index contributed by atoms with van der Waals surface area (Å²) < 4.78 is 1.90. The van der Waals surface area contributed by atoms with Crippen LogP contribution in [0.3, 0.4) is 0 Å². The molecule has 1 aromatic rings. The monoisotopic (exact) mass is 223 g/mol. The molecule has 0 aliphatic rings. The van der Waals surface area contributed by atoms with Crippen LogP contribution in [0, 0.1) is 0 Å². The Morgan fingerprint density at radius 2 is 2.25 bits per heavy atom. The molecule has 0 aliphatic heterocycles. The molecule has 0 saturated heterocycles. The zero-order valence-corrected chi connectivity index (χ0v) is 8.67. The highest BCUT2D eigenvalue weighted by atomic mass is 16.4. The van der Waals surface area contributed by atoms with Crippen molar-refractivity contribution in [2.75, 3.05) is 6.54 Å². The summed E-state index contributed by atoms with van der Waals surface area (Å²) in [6, 6.07) is 0. The summed E-state index contributed by atoms with van der Waals surface area (Å²) in [5.41, 5.74) is 0. The average Bonchev–Trinajstić information content (AvgIpc) is 2.74. The molecule has 0 spiro atoms. The quantitative estimate of drug-likeness (QED) is 0.526. The van der Waals surface area contributed by atoms with Gasteiger partial charge < -0.3 is 15.0 Å². The predicted octanol–water partition coefficient (Wildman–Crippen LogP) is 0.0302. The number of carbonyl (C=O) groups is 2. The number of aryl methyl sites for hydroxylation is 1. The van der Waals surface area contributed by atoms with Gasteiger partial charge in [-0.2, -0.15) is 0 Å². The number of carboxylic acids is 1. The number of carboxylic acid groups (broad SMARTS) is 1. The van der Waals surface area contributed by atoms with Crippen LogP contribution in [0.25, 0.3) is 0 Å². The fourth-order valence-corrected chi connectivity index (χ4v) is 1.10. The van der Waals surface area contributed by atoms with Crippen molar-refractivity contribution in [1.82, 2.24) is 14.9 Å². The van der Waals surface area contributed by atoms with Crippen molar-refractivity contribution < 1.29 is 14.7 Å². The highest BCUT2D eigenvalue weighted by Gasteiger charge is 1.96. The lowest BCUT2D eigenvalue weighted by Gasteiger charge is -2.02. The minimum absolute atomic E-state index is 0.395. The van der Waals surface area contributed by atoms with Crippen LogP contribution in [-0.2, 0) is 16.1 Å². The van der Waals surface area contributed by atoms with Gasteiger partial charge in [-0.3, -0.25) is 4.79 Å². The summed E-state index contributed by atoms with van der Waals surface area (Å²) in [7, 11) is 0. The lowest BCUT2D eigenvalue weighted by atomic mass is 10.4. The first-order chi connectivity index (χ1) is 7.68. The first-order valence-corrected chi connectivity index (χ1v) is 4.83. The van der Waals surface area contributed by atoms with Crippen molar-refractivity contribution >= 4 is 11.9 Å². The molecule has 0 aliphatic carbocycles. The van der Waals surface area contributed by atoms with Crippen molar-refractivity contribution in [3.8, 4) is 0 Å². The molecular weight excluding hydrogens is 210 g/mol. The van der Waals surface area contributed by atoms with Gasteiger partial charge >= 0.3 is 5.97 Å². The van der Waals surface area contributed by atoms with E-state index in [0.717, 1.165) is 25.1 Å². The van der Waals surface area contributed by atoms with Gasteiger partial charge in [0.25, 0.3) is 0 Å². The third-order valence-electron chi connectivity index (χ3n) is 1.83. The van der Waals surface area contributed by atoms with Gasteiger partial charge in [-0.15, -0.1) is 0 Å². The van der Waals surface area contributed by atoms with Crippen molar-refractivity contribution in [3.63, 3.8) is 0 Å². The van der Waals surface area contributed by atoms with Crippen molar-refractivity contribution in [1.29, 1.82) is 0 Å². The normalized spacial score (nSPS) is 10.5. The third kappa shape index (κ3) is 4.94. The maximum atomic E-state index is 11.0. The Bertz CT molecular complexity index is 371. The van der Waals surface area contributed by atoms with E-state index in [9.17, 15) is 9.59 Å². The van der Waals surface area contributed by atoms with Crippen molar-refractivity contribution in [3.05, 3.63) is 30.9 Å². The molecule has 2 N–H and O–H groups in total. The Labute approximate surface area is 92.6 Å². The van der Waals surface area contributed by atoms with E-state index < -0.39 is 11.9 Å². The number of rotatable bonds is 6. The molecule has 0 bridgehead atoms. The zero-order chi connectivity index (χ0) is 11.8. The second-order valence-corrected chi connectivity index (χ2v) is 3.12. The number of nitrogens with one attached hydrogen (secondary N) is 1. The van der Waals surface area contributed by atoms with Crippen LogP contribution < -0.4 is 5.32 Å². The molecule has 6 heteroatoms. The molecule has 0 fully saturated rings. The SMILES string of the molecule is O=C(O)/C=C/C(=O)NCCCn1ccnc1. The number of amides is 1. The van der Waals surface area contributed by atoms with Gasteiger partial charge in [0.2, 0.25) is 5.91 Å². The highest BCUT2D eigenvalue weighted by molar-refractivity contribution is 5.93. The standard InChI is InChI=1S/C10H13N3O3/c14-9(2-3-10(15)16)12-4-1-6-13-7-5-11-8-13/h2-3,5,7-8H,1,4,6H2,(H,12,14)(H,15,16)/b3-2+. The first-order valence-electron chi connectivity index (χ1n) is 4.83. The highest BCUT2D eigenvalue weighted by Crippen LogP contribution is 1.89. The maximum absolute atomic E-state index is 11.0. The van der Waals surface area contributed by atoms with Crippen molar-refractivity contribution in [2.45, 2.75) is 13.0 Å². The van der Waals surface area contributed by atoms with Gasteiger partial charge in [0.15, 0.2) is 0 Å². The van der Waals surface area contributed by atoms with E-state index >= 15 is 0 Å². The zero-order valence-electron chi connectivity index (χ0n) is 8.67. The molecule has 16 heavy (non-hydrogen) atoms. The van der Waals surface area contributed by atoms with Gasteiger partial charge in [-0.1, -0.05) is 0 Å². The van der Waals surface area contributed by atoms with Crippen LogP contribution in [-0.4, -0.2) is 33.1 Å². The van der Waals surface area contributed by atoms with Crippen LogP contribution in [0.2, 0.25) is 0 Å². The van der Waals surface area contributed by atoms with Gasteiger partial charge in [-0.25, -0.2) is 9.78 Å². The Kier molecular flexibility index (Phi) is 4.78. The number of nitrogens with zero attached hydrogens (tertiary/aromatic N) is 2. The molecule has 1 amide bonds. The van der Waals surface area contributed by atoms with Crippen LogP contribution in [0.4, 0.5) is 0 Å². The van der Waals surface area contributed by atoms with Gasteiger partial charge in [-0.05, 0) is 6.42 Å². The second kappa shape index (κ2) is 6.39. The van der Waals surface area contributed by atoms with Crippen LogP contribution in [0.15, 0.2) is 30.9 Å². The minimum atomic E-state index is -1.13. The van der Waals surface area contributed by atoms with Crippen LogP contribution >= 0.6 is 0 Å². The minimum Gasteiger partial charge on any atom is -0.478 e. The molecule has 0 unspecified atom stereocenters. The Morgan fingerprint density at radius 1 is 1.44 bits per heavy atom. The Balaban J connectivity index is 2.11. The number of hydrogen-bond acceptors (Lipinski definition) is 3. The number of carbonyl (C=O) groups excluding carboxylic acids is 1. The van der Waals surface area contributed by atoms with Crippen molar-refractivity contribution in [2.24, 2.45) is 0 Å². The molecule has 0 radical (unpaired) electrons. The number of imidazole rings is 1. The lowest BCUT2D eigenvalue weighted by molar-refractivity contribution is -0.131. The van der Waals surface area contributed by atoms with Crippen LogP contribution in [0.5, 0.6) is 0 Å². The smallest absolute Gasteiger partial charge is 0.328 e. The number of aromatic nitrogens is 2. The molecule has 6 nitrogen and oxygen atoms in total. The van der Waals surface area contributed by atoms with Crippen LogP contribution in [0.1, 0.15) is 6.42 Å².